The maximum Gasteiger partial charge on any atom is 0.147 e. The van der Waals surface area contributed by atoms with Gasteiger partial charge in [-0.2, -0.15) is 0 Å². The molecule has 0 spiro atoms. The highest BCUT2D eigenvalue weighted by molar-refractivity contribution is 9.10. The van der Waals surface area contributed by atoms with Gasteiger partial charge in [0.25, 0.3) is 0 Å². The molecule has 80 heavy (non-hydrogen) atoms. The van der Waals surface area contributed by atoms with E-state index in [9.17, 15) is 56.2 Å². The number of hydrogen-bond acceptors (Lipinski definition) is 17. The summed E-state index contributed by atoms with van der Waals surface area (Å²) >= 11 is 7.23. The number of benzene rings is 4. The number of aromatic nitrogens is 2. The Kier molecular flexibility index (Phi) is 20.9. The molecule has 6 aromatic rings. The Morgan fingerprint density at radius 3 is 1.09 bits per heavy atom. The lowest BCUT2D eigenvalue weighted by molar-refractivity contribution is -0.214. The first kappa shape index (κ1) is 61.5. The van der Waals surface area contributed by atoms with Crippen LogP contribution in [0.3, 0.4) is 0 Å². The number of aliphatic hydroxyl groups is 12. The molecule has 11 rings (SSSR count). The van der Waals surface area contributed by atoms with Crippen molar-refractivity contribution in [1.82, 2.24) is 9.13 Å². The van der Waals surface area contributed by atoms with E-state index in [0.717, 1.165) is 69.6 Å². The van der Waals surface area contributed by atoms with Gasteiger partial charge in [-0.05, 0) is 74.2 Å². The average Bonchev–Trinajstić information content (AvgIpc) is 4.01. The molecule has 0 bridgehead atoms. The number of nitrogens with zero attached hydrogens (tertiary/aromatic N) is 2. The Hall–Kier alpha value is -4.56. The SMILES string of the molecule is Brc1ccc2c3ccc(Br)cc3n(C3CCOCC3)c2c1.C.C#C[C@H]1O[C@H](CO)[C@@H](O)[C@H](O)[C@@H]1O.OC[C@H]1O[C@H](C#Cc2ccc3c4ccc(C#C[C@H]5O[C@H](CO)[C@@H](O)[C@H](O)[C@@H]5O)cc4n(C4CCOCC4)c3c2)[C@@H](O)[C@@H](O)[C@@H]1O. The lowest BCUT2D eigenvalue weighted by Gasteiger charge is -2.37. The van der Waals surface area contributed by atoms with Crippen LogP contribution in [0, 0.1) is 36.0 Å². The summed E-state index contributed by atoms with van der Waals surface area (Å²) in [5.74, 6) is 13.8. The fourth-order valence-corrected chi connectivity index (χ4v) is 11.6. The second-order valence-corrected chi connectivity index (χ2v) is 22.0. The van der Waals surface area contributed by atoms with Gasteiger partial charge in [-0.1, -0.05) is 93.2 Å². The molecule has 21 heteroatoms. The molecule has 4 aromatic carbocycles. The number of rotatable bonds is 5. The van der Waals surface area contributed by atoms with Crippen LogP contribution in [0.1, 0.15) is 56.3 Å². The van der Waals surface area contributed by atoms with Crippen molar-refractivity contribution >= 4 is 75.5 Å². The first-order valence-electron chi connectivity index (χ1n) is 26.1. The van der Waals surface area contributed by atoms with Crippen LogP contribution in [0.5, 0.6) is 0 Å². The van der Waals surface area contributed by atoms with E-state index in [1.807, 2.05) is 36.4 Å². The van der Waals surface area contributed by atoms with E-state index in [4.69, 9.17) is 35.2 Å². The predicted octanol–water partition coefficient (Wildman–Crippen LogP) is 2.30. The molecule has 5 aliphatic heterocycles. The van der Waals surface area contributed by atoms with E-state index < -0.39 is 111 Å². The number of fused-ring (bicyclic) bond motifs is 6. The largest absolute Gasteiger partial charge is 0.394 e. The standard InChI is InChI=1S/C33H37NO11.C17H15Br2NO.C8H12O5.CH4/c35-15-26-30(39)32(41)28(37)24(44-26)7-3-17-1-5-20-21-6-2-18(4-8-25-29(38)33(42)31(40)27(16-36)45-25)14-23(21)34(22(20)13-17)19-9-11-43-12-10-19;18-11-1-3-14-15-4-2-12(19)10-17(15)20(16(14)9-11)13-5-7-21-8-6-13;1-2-4-6(10)8(12)7(11)5(3-9)13-4;/h1-2,5-6,13-14,19,24-33,35-42H,9-12,15-16H2;1-4,9-10,13H,5-8H2;1,4-12H,3H2;1H4/t24-,25-,26-,27-,28-,29-,30-,31-,32-,33-;;4-,5-,6-,7-,8-;/m1.1./s1. The summed E-state index contributed by atoms with van der Waals surface area (Å²) in [5.41, 5.74) is 5.75. The molecule has 5 aliphatic rings. The van der Waals surface area contributed by atoms with Crippen LogP contribution in [0.2, 0.25) is 0 Å². The smallest absolute Gasteiger partial charge is 0.147 e. The van der Waals surface area contributed by atoms with E-state index >= 15 is 0 Å². The number of terminal acetylenes is 1. The van der Waals surface area contributed by atoms with Crippen LogP contribution in [0.4, 0.5) is 0 Å². The van der Waals surface area contributed by atoms with Crippen molar-refractivity contribution in [2.75, 3.05) is 46.2 Å². The van der Waals surface area contributed by atoms with Gasteiger partial charge in [0.05, 0.1) is 41.9 Å². The van der Waals surface area contributed by atoms with Gasteiger partial charge in [0.15, 0.2) is 0 Å². The highest BCUT2D eigenvalue weighted by Gasteiger charge is 2.45. The van der Waals surface area contributed by atoms with Crippen LogP contribution < -0.4 is 0 Å². The molecule has 19 nitrogen and oxygen atoms in total. The maximum absolute atomic E-state index is 10.4. The Balaban J connectivity index is 0.000000196. The molecule has 0 radical (unpaired) electrons. The highest BCUT2D eigenvalue weighted by Crippen LogP contribution is 2.39. The summed E-state index contributed by atoms with van der Waals surface area (Å²) < 4.78 is 34.2. The molecule has 15 atom stereocenters. The Morgan fingerprint density at radius 2 is 0.750 bits per heavy atom. The third kappa shape index (κ3) is 12.8. The van der Waals surface area contributed by atoms with Gasteiger partial charge < -0.3 is 94.1 Å². The minimum absolute atomic E-state index is 0. The number of ether oxygens (including phenoxy) is 5. The van der Waals surface area contributed by atoms with Gasteiger partial charge in [0.1, 0.15) is 91.6 Å². The minimum Gasteiger partial charge on any atom is -0.394 e. The summed E-state index contributed by atoms with van der Waals surface area (Å²) in [6, 6.07) is 25.3. The molecule has 5 saturated heterocycles. The van der Waals surface area contributed by atoms with Crippen LogP contribution in [-0.2, 0) is 23.7 Å². The van der Waals surface area contributed by atoms with Gasteiger partial charge >= 0.3 is 0 Å². The van der Waals surface area contributed by atoms with Crippen molar-refractivity contribution in [2.45, 2.75) is 137 Å². The van der Waals surface area contributed by atoms with Crippen molar-refractivity contribution in [3.8, 4) is 36.0 Å². The van der Waals surface area contributed by atoms with E-state index in [2.05, 4.69) is 107 Å². The van der Waals surface area contributed by atoms with Gasteiger partial charge in [-0.3, -0.25) is 0 Å². The molecular formula is C59H68Br2N2O17. The molecular weight excluding hydrogens is 1170 g/mol. The molecule has 430 valence electrons. The molecule has 2 aromatic heterocycles. The van der Waals surface area contributed by atoms with Crippen LogP contribution in [0.15, 0.2) is 81.7 Å². The van der Waals surface area contributed by atoms with Gasteiger partial charge in [0.2, 0.25) is 0 Å². The molecule has 0 unspecified atom stereocenters. The predicted molar refractivity (Wildman–Crippen MR) is 303 cm³/mol. The second-order valence-electron chi connectivity index (χ2n) is 20.2. The molecule has 7 heterocycles. The molecule has 5 fully saturated rings. The van der Waals surface area contributed by atoms with Crippen molar-refractivity contribution in [3.63, 3.8) is 0 Å². The average molecular weight is 1240 g/mol. The number of aliphatic hydroxyl groups excluding tert-OH is 12. The number of halogens is 2. The van der Waals surface area contributed by atoms with Gasteiger partial charge in [0, 0.05) is 80.1 Å². The Labute approximate surface area is 479 Å². The zero-order chi connectivity index (χ0) is 56.2. The summed E-state index contributed by atoms with van der Waals surface area (Å²) in [6.07, 6.45) is -10.3. The van der Waals surface area contributed by atoms with Crippen molar-refractivity contribution in [1.29, 1.82) is 0 Å². The summed E-state index contributed by atoms with van der Waals surface area (Å²) in [6.45, 7) is 1.41. The van der Waals surface area contributed by atoms with Crippen LogP contribution >= 0.6 is 31.9 Å². The number of hydrogen-bond donors (Lipinski definition) is 12. The van der Waals surface area contributed by atoms with Crippen molar-refractivity contribution in [3.05, 3.63) is 92.9 Å². The van der Waals surface area contributed by atoms with E-state index in [1.165, 1.54) is 21.8 Å². The third-order valence-electron chi connectivity index (χ3n) is 15.2. The highest BCUT2D eigenvalue weighted by atomic mass is 79.9. The van der Waals surface area contributed by atoms with Crippen molar-refractivity contribution in [2.24, 2.45) is 0 Å². The van der Waals surface area contributed by atoms with Gasteiger partial charge in [-0.15, -0.1) is 6.42 Å². The van der Waals surface area contributed by atoms with Crippen LogP contribution in [-0.4, -0.2) is 208 Å². The van der Waals surface area contributed by atoms with E-state index in [-0.39, 0.29) is 13.5 Å². The summed E-state index contributed by atoms with van der Waals surface area (Å²) in [5, 5.41) is 121. The lowest BCUT2D eigenvalue weighted by Crippen LogP contribution is -2.58. The maximum atomic E-state index is 10.4. The Bertz CT molecular complexity index is 3080. The zero-order valence-electron chi connectivity index (χ0n) is 42.7. The molecule has 0 saturated carbocycles. The first-order chi connectivity index (χ1) is 38.1. The molecule has 0 aliphatic carbocycles. The zero-order valence-corrected chi connectivity index (χ0v) is 45.8. The van der Waals surface area contributed by atoms with Gasteiger partial charge in [-0.25, -0.2) is 0 Å². The Morgan fingerprint density at radius 1 is 0.438 bits per heavy atom. The van der Waals surface area contributed by atoms with Crippen LogP contribution in [0.25, 0.3) is 43.6 Å². The second kappa shape index (κ2) is 27.2. The lowest BCUT2D eigenvalue weighted by atomic mass is 9.95. The first-order valence-corrected chi connectivity index (χ1v) is 27.7. The molecule has 12 N–H and O–H groups in total. The third-order valence-corrected chi connectivity index (χ3v) is 16.2. The van der Waals surface area contributed by atoms with E-state index in [1.54, 1.807) is 0 Å². The minimum atomic E-state index is -1.51. The monoisotopic (exact) mass is 1230 g/mol. The summed E-state index contributed by atoms with van der Waals surface area (Å²) in [7, 11) is 0. The fraction of sp³-hybridized carbons (Fsp3) is 0.492. The van der Waals surface area contributed by atoms with E-state index in [0.29, 0.717) is 30.4 Å². The fourth-order valence-electron chi connectivity index (χ4n) is 10.9. The molecule has 0 amide bonds. The summed E-state index contributed by atoms with van der Waals surface area (Å²) in [4.78, 5) is 0. The topological polar surface area (TPSA) is 299 Å². The van der Waals surface area contributed by atoms with Crippen molar-refractivity contribution < 1.29 is 85.0 Å². The quantitative estimate of drug-likeness (QED) is 0.110. The normalized spacial score (nSPS) is 31.1.